The number of carbonyl (C=O) groups is 2. The number of para-hydroxylation sites is 2. The largest absolute Gasteiger partial charge is 0.573 e. The van der Waals surface area contributed by atoms with Crippen molar-refractivity contribution in [3.63, 3.8) is 0 Å². The molecule has 0 radical (unpaired) electrons. The second-order valence-electron chi connectivity index (χ2n) is 19.9. The van der Waals surface area contributed by atoms with E-state index < -0.39 is 55.0 Å². The molecule has 2 aliphatic rings. The Balaban J connectivity index is 0.747. The van der Waals surface area contributed by atoms with E-state index in [1.807, 2.05) is 36.4 Å². The monoisotopic (exact) mass is 1210 g/mol. The number of thiazole rings is 1. The summed E-state index contributed by atoms with van der Waals surface area (Å²) in [5.41, 5.74) is 2.53. The molecule has 0 unspecified atom stereocenters. The minimum Gasteiger partial charge on any atom is -0.404 e. The Bertz CT molecular complexity index is 4210. The van der Waals surface area contributed by atoms with E-state index in [-0.39, 0.29) is 89.4 Å². The number of anilines is 2. The van der Waals surface area contributed by atoms with E-state index in [0.29, 0.717) is 54.9 Å². The summed E-state index contributed by atoms with van der Waals surface area (Å²) in [6, 6.07) is 39.7. The summed E-state index contributed by atoms with van der Waals surface area (Å²) < 4.78 is 105. The fourth-order valence-corrected chi connectivity index (χ4v) is 14.6. The van der Waals surface area contributed by atoms with Gasteiger partial charge in [-0.3, -0.25) is 24.0 Å². The van der Waals surface area contributed by atoms with Gasteiger partial charge in [-0.1, -0.05) is 102 Å². The number of aliphatic hydroxyl groups is 2. The summed E-state index contributed by atoms with van der Waals surface area (Å²) >= 11 is 15.5. The molecule has 4 heterocycles. The van der Waals surface area contributed by atoms with Crippen LogP contribution in [-0.2, 0) is 31.2 Å². The number of rotatable bonds is 13. The Hall–Kier alpha value is -7.63. The average molecular weight is 1210 g/mol. The molecule has 420 valence electrons. The van der Waals surface area contributed by atoms with E-state index in [9.17, 15) is 49.8 Å². The number of fused-ring (bicyclic) bond motifs is 2. The van der Waals surface area contributed by atoms with Gasteiger partial charge in [-0.15, -0.1) is 24.5 Å². The number of piperidine rings is 2. The van der Waals surface area contributed by atoms with Gasteiger partial charge in [0.2, 0.25) is 0 Å². The number of alkyl halides is 3. The molecule has 4 N–H and O–H groups in total. The lowest BCUT2D eigenvalue weighted by molar-refractivity contribution is -0.274. The van der Waals surface area contributed by atoms with Gasteiger partial charge in [0.15, 0.2) is 5.75 Å². The van der Waals surface area contributed by atoms with Crippen LogP contribution in [0.25, 0.3) is 43.4 Å². The number of halogens is 5. The van der Waals surface area contributed by atoms with Crippen LogP contribution in [0.4, 0.5) is 24.5 Å². The summed E-state index contributed by atoms with van der Waals surface area (Å²) in [6.45, 7) is 0.411. The smallest absolute Gasteiger partial charge is 0.404 e. The fraction of sp³-hybridized carbons (Fsp3) is 0.186. The van der Waals surface area contributed by atoms with Crippen LogP contribution < -0.4 is 14.2 Å². The van der Waals surface area contributed by atoms with Crippen molar-refractivity contribution < 1.29 is 54.5 Å². The van der Waals surface area contributed by atoms with Gasteiger partial charge < -0.3 is 24.7 Å². The second-order valence-corrected chi connectivity index (χ2v) is 24.9. The van der Waals surface area contributed by atoms with Crippen LogP contribution in [0.3, 0.4) is 0 Å². The van der Waals surface area contributed by atoms with E-state index in [1.165, 1.54) is 58.8 Å². The lowest BCUT2D eigenvalue weighted by Gasteiger charge is -2.39. The average Bonchev–Trinajstić information content (AvgIpc) is 3.63. The minimum atomic E-state index is -5.25. The van der Waals surface area contributed by atoms with Gasteiger partial charge >= 0.3 is 6.36 Å². The molecule has 82 heavy (non-hydrogen) atoms. The third kappa shape index (κ3) is 11.2. The molecule has 0 spiro atoms. The van der Waals surface area contributed by atoms with Crippen LogP contribution >= 0.6 is 34.5 Å². The zero-order valence-corrected chi connectivity index (χ0v) is 46.9. The molecule has 7 aromatic carbocycles. The molecule has 11 rings (SSSR count). The SMILES string of the molecule is O=C(c1ccc(NS(=O)(=O)c2cccc3scnc23)cc1)N1CCC(O)(c2ccccc2-c2ccc(-c3cccc(C4(O)CCN(C(=O)c5ccc(NS(=O)(=O)c6cccc7cccnc67)c(OC(F)(F)F)c5)CC4)c3Cl)cc2Cl)CC1. The van der Waals surface area contributed by atoms with Gasteiger partial charge in [-0.25, -0.2) is 21.8 Å². The number of nitrogens with one attached hydrogen (secondary N) is 2. The van der Waals surface area contributed by atoms with Crippen molar-refractivity contribution in [2.24, 2.45) is 0 Å². The van der Waals surface area contributed by atoms with Gasteiger partial charge in [0.05, 0.1) is 37.6 Å². The standard InChI is InChI=1S/C59H47Cl2F3N6O9S3/c60-46-33-38(18-22-43(46)42-9-1-2-11-44(42)57(73)24-29-69(30-25-57)55(71)37-16-20-40(21-17-37)67-81(75,76)51-15-5-13-49-54(51)66-35-80-49)41-10-4-12-45(52(41)61)58(74)26-31-70(32-27-58)56(72)39-19-23-47(48(34-39)79-59(62,63)64)68-82(77,78)50-14-3-7-36-8-6-28-65-53(36)50/h1-23,28,33-35,67-68,73-74H,24-27,29-32H2. The van der Waals surface area contributed by atoms with Crippen molar-refractivity contribution in [3.8, 4) is 28.0 Å². The highest BCUT2D eigenvalue weighted by Gasteiger charge is 2.40. The number of ether oxygens (including phenoxy) is 1. The van der Waals surface area contributed by atoms with Gasteiger partial charge in [0.1, 0.15) is 15.3 Å². The van der Waals surface area contributed by atoms with Gasteiger partial charge in [0, 0.05) is 76.3 Å². The molecule has 2 aliphatic heterocycles. The predicted octanol–water partition coefficient (Wildman–Crippen LogP) is 12.2. The highest BCUT2D eigenvalue weighted by Crippen LogP contribution is 2.45. The van der Waals surface area contributed by atoms with Gasteiger partial charge in [-0.2, -0.15) is 0 Å². The van der Waals surface area contributed by atoms with Gasteiger partial charge in [0.25, 0.3) is 31.9 Å². The molecule has 0 saturated carbocycles. The van der Waals surface area contributed by atoms with Crippen LogP contribution in [0.5, 0.6) is 5.75 Å². The van der Waals surface area contributed by atoms with Crippen molar-refractivity contribution in [1.82, 2.24) is 19.8 Å². The summed E-state index contributed by atoms with van der Waals surface area (Å²) in [6.07, 6.45) is -3.43. The lowest BCUT2D eigenvalue weighted by atomic mass is 9.80. The van der Waals surface area contributed by atoms with Crippen molar-refractivity contribution in [2.45, 2.75) is 53.0 Å². The number of hydrogen-bond acceptors (Lipinski definition) is 12. The predicted molar refractivity (Wildman–Crippen MR) is 308 cm³/mol. The van der Waals surface area contributed by atoms with Crippen molar-refractivity contribution in [2.75, 3.05) is 35.6 Å². The van der Waals surface area contributed by atoms with Gasteiger partial charge in [-0.05, 0) is 115 Å². The minimum absolute atomic E-state index is 0.00216. The molecule has 2 amide bonds. The first-order valence-corrected chi connectivity index (χ1v) is 30.1. The van der Waals surface area contributed by atoms with Crippen LogP contribution in [0.15, 0.2) is 173 Å². The van der Waals surface area contributed by atoms with E-state index in [1.54, 1.807) is 77.1 Å². The number of aromatic nitrogens is 2. The molecule has 0 bridgehead atoms. The zero-order chi connectivity index (χ0) is 57.8. The number of likely N-dealkylation sites (tertiary alicyclic amines) is 2. The van der Waals surface area contributed by atoms with E-state index >= 15 is 0 Å². The van der Waals surface area contributed by atoms with Crippen LogP contribution in [-0.4, -0.2) is 91.2 Å². The summed E-state index contributed by atoms with van der Waals surface area (Å²) in [7, 11) is -8.48. The molecule has 2 aromatic heterocycles. The third-order valence-electron chi connectivity index (χ3n) is 14.8. The molecule has 23 heteroatoms. The van der Waals surface area contributed by atoms with Crippen molar-refractivity contribution in [1.29, 1.82) is 0 Å². The van der Waals surface area contributed by atoms with Crippen LogP contribution in [0, 0.1) is 0 Å². The Kier molecular flexibility index (Phi) is 15.0. The summed E-state index contributed by atoms with van der Waals surface area (Å²) in [4.78, 5) is 38.7. The maximum atomic E-state index is 13.9. The fourth-order valence-electron chi connectivity index (χ4n) is 10.6. The molecular weight excluding hydrogens is 1160 g/mol. The molecule has 0 aliphatic carbocycles. The number of nitrogens with zero attached hydrogens (tertiary/aromatic N) is 4. The maximum Gasteiger partial charge on any atom is 0.573 e. The zero-order valence-electron chi connectivity index (χ0n) is 42.9. The normalized spacial score (nSPS) is 15.5. The Morgan fingerprint density at radius 2 is 1.20 bits per heavy atom. The number of hydrogen-bond donors (Lipinski definition) is 4. The number of benzene rings is 7. The summed E-state index contributed by atoms with van der Waals surface area (Å²) in [5, 5.41) is 25.5. The maximum absolute atomic E-state index is 13.9. The van der Waals surface area contributed by atoms with E-state index in [0.717, 1.165) is 16.8 Å². The number of amides is 2. The van der Waals surface area contributed by atoms with Crippen molar-refractivity contribution >= 4 is 98.9 Å². The lowest BCUT2D eigenvalue weighted by Crippen LogP contribution is -2.45. The van der Waals surface area contributed by atoms with Crippen LogP contribution in [0.1, 0.15) is 57.5 Å². The third-order valence-corrected chi connectivity index (χ3v) is 19.2. The first-order chi connectivity index (χ1) is 39.1. The number of carbonyl (C=O) groups excluding carboxylic acids is 2. The topological polar surface area (TPSA) is 208 Å². The quantitative estimate of drug-likeness (QED) is 0.0854. The number of sulfonamides is 2. The number of pyridine rings is 1. The molecule has 0 atom stereocenters. The first kappa shape index (κ1) is 56.2. The molecule has 2 fully saturated rings. The first-order valence-electron chi connectivity index (χ1n) is 25.5. The highest BCUT2D eigenvalue weighted by atomic mass is 35.5. The Morgan fingerprint density at radius 1 is 0.610 bits per heavy atom. The Labute approximate surface area is 482 Å². The molecule has 2 saturated heterocycles. The van der Waals surface area contributed by atoms with E-state index in [4.69, 9.17) is 23.2 Å². The Morgan fingerprint density at radius 3 is 1.89 bits per heavy atom. The summed E-state index contributed by atoms with van der Waals surface area (Å²) in [5.74, 6) is -1.91. The van der Waals surface area contributed by atoms with Crippen LogP contribution in [0.2, 0.25) is 10.0 Å². The van der Waals surface area contributed by atoms with E-state index in [2.05, 4.69) is 24.1 Å². The molecular formula is C59H47Cl2F3N6O9S3. The second kappa shape index (κ2) is 21.9. The molecule has 9 aromatic rings. The highest BCUT2D eigenvalue weighted by molar-refractivity contribution is 7.93. The van der Waals surface area contributed by atoms with Crippen molar-refractivity contribution in [3.05, 3.63) is 196 Å². The molecule has 15 nitrogen and oxygen atoms in total.